The van der Waals surface area contributed by atoms with Gasteiger partial charge in [-0.25, -0.2) is 9.97 Å². The van der Waals surface area contributed by atoms with Gasteiger partial charge in [-0.2, -0.15) is 0 Å². The minimum Gasteiger partial charge on any atom is -0.344 e. The molecule has 1 heterocycles. The Morgan fingerprint density at radius 1 is 1.43 bits per heavy atom. The lowest BCUT2D eigenvalue weighted by molar-refractivity contribution is 0.771. The summed E-state index contributed by atoms with van der Waals surface area (Å²) < 4.78 is 0. The fraction of sp³-hybridized carbons (Fsp3) is 0.600. The van der Waals surface area contributed by atoms with Crippen molar-refractivity contribution < 1.29 is 0 Å². The number of aryl methyl sites for hydroxylation is 2. The van der Waals surface area contributed by atoms with Gasteiger partial charge in [0.15, 0.2) is 0 Å². The summed E-state index contributed by atoms with van der Waals surface area (Å²) in [6, 6.07) is 0. The molecule has 1 aromatic rings. The van der Waals surface area contributed by atoms with Crippen LogP contribution in [0.5, 0.6) is 0 Å². The van der Waals surface area contributed by atoms with Gasteiger partial charge in [-0.3, -0.25) is 0 Å². The molecule has 0 saturated heterocycles. The summed E-state index contributed by atoms with van der Waals surface area (Å²) in [5.41, 5.74) is 7.60. The van der Waals surface area contributed by atoms with Crippen LogP contribution in [-0.2, 0) is 0 Å². The van der Waals surface area contributed by atoms with E-state index in [1.54, 1.807) is 0 Å². The molecule has 0 radical (unpaired) electrons. The molecule has 4 heteroatoms. The Balaban J connectivity index is 2.70. The molecule has 0 atom stereocenters. The van der Waals surface area contributed by atoms with Crippen molar-refractivity contribution in [2.45, 2.75) is 20.3 Å². The SMILES string of the molecule is Cc1cnc(N(C)CCCN)nc1C. The van der Waals surface area contributed by atoms with Crippen molar-refractivity contribution in [2.24, 2.45) is 5.73 Å². The third-order valence-corrected chi connectivity index (χ3v) is 2.25. The van der Waals surface area contributed by atoms with E-state index in [0.717, 1.165) is 30.2 Å². The molecule has 0 unspecified atom stereocenters. The van der Waals surface area contributed by atoms with E-state index < -0.39 is 0 Å². The van der Waals surface area contributed by atoms with Gasteiger partial charge < -0.3 is 10.6 Å². The number of anilines is 1. The molecular weight excluding hydrogens is 176 g/mol. The maximum atomic E-state index is 5.44. The lowest BCUT2D eigenvalue weighted by Gasteiger charge is -2.16. The Labute approximate surface area is 85.2 Å². The molecule has 0 aliphatic heterocycles. The van der Waals surface area contributed by atoms with Gasteiger partial charge in [0, 0.05) is 25.5 Å². The third-order valence-electron chi connectivity index (χ3n) is 2.25. The number of hydrogen-bond donors (Lipinski definition) is 1. The van der Waals surface area contributed by atoms with Crippen LogP contribution >= 0.6 is 0 Å². The number of hydrogen-bond acceptors (Lipinski definition) is 4. The van der Waals surface area contributed by atoms with Crippen LogP contribution in [-0.4, -0.2) is 30.1 Å². The zero-order valence-corrected chi connectivity index (χ0v) is 9.12. The fourth-order valence-corrected chi connectivity index (χ4v) is 1.13. The predicted molar refractivity (Wildman–Crippen MR) is 58.4 cm³/mol. The predicted octanol–water partition coefficient (Wildman–Crippen LogP) is 0.878. The van der Waals surface area contributed by atoms with Gasteiger partial charge >= 0.3 is 0 Å². The fourth-order valence-electron chi connectivity index (χ4n) is 1.13. The highest BCUT2D eigenvalue weighted by Crippen LogP contribution is 2.08. The molecule has 78 valence electrons. The van der Waals surface area contributed by atoms with Gasteiger partial charge in [0.2, 0.25) is 5.95 Å². The van der Waals surface area contributed by atoms with E-state index in [1.807, 2.05) is 32.0 Å². The van der Waals surface area contributed by atoms with Gasteiger partial charge in [-0.15, -0.1) is 0 Å². The average Bonchev–Trinajstić information content (AvgIpc) is 2.18. The van der Waals surface area contributed by atoms with Crippen LogP contribution in [0.25, 0.3) is 0 Å². The summed E-state index contributed by atoms with van der Waals surface area (Å²) in [6.45, 7) is 5.62. The molecule has 0 fully saturated rings. The van der Waals surface area contributed by atoms with E-state index in [9.17, 15) is 0 Å². The zero-order valence-electron chi connectivity index (χ0n) is 9.12. The number of rotatable bonds is 4. The van der Waals surface area contributed by atoms with Crippen LogP contribution in [0.4, 0.5) is 5.95 Å². The quantitative estimate of drug-likeness (QED) is 0.773. The molecule has 0 bridgehead atoms. The van der Waals surface area contributed by atoms with E-state index in [1.165, 1.54) is 0 Å². The zero-order chi connectivity index (χ0) is 10.6. The van der Waals surface area contributed by atoms with Crippen LogP contribution in [0.15, 0.2) is 6.20 Å². The van der Waals surface area contributed by atoms with Gasteiger partial charge in [0.1, 0.15) is 0 Å². The molecule has 1 rings (SSSR count). The summed E-state index contributed by atoms with van der Waals surface area (Å²) in [7, 11) is 1.99. The minimum atomic E-state index is 0.704. The third kappa shape index (κ3) is 2.67. The summed E-state index contributed by atoms with van der Waals surface area (Å²) >= 11 is 0. The first-order chi connectivity index (χ1) is 6.65. The lowest BCUT2D eigenvalue weighted by atomic mass is 10.3. The molecule has 0 aliphatic rings. The molecule has 1 aromatic heterocycles. The standard InChI is InChI=1S/C10H18N4/c1-8-7-12-10(13-9(8)2)14(3)6-4-5-11/h7H,4-6,11H2,1-3H3. The van der Waals surface area contributed by atoms with Crippen molar-refractivity contribution in [3.8, 4) is 0 Å². The lowest BCUT2D eigenvalue weighted by Crippen LogP contribution is -2.23. The molecule has 0 aliphatic carbocycles. The first-order valence-electron chi connectivity index (χ1n) is 4.86. The second-order valence-electron chi connectivity index (χ2n) is 3.50. The molecule has 4 nitrogen and oxygen atoms in total. The normalized spacial score (nSPS) is 10.3. The van der Waals surface area contributed by atoms with E-state index in [4.69, 9.17) is 5.73 Å². The Morgan fingerprint density at radius 3 is 2.71 bits per heavy atom. The van der Waals surface area contributed by atoms with Crippen molar-refractivity contribution >= 4 is 5.95 Å². The number of aromatic nitrogens is 2. The second-order valence-corrected chi connectivity index (χ2v) is 3.50. The highest BCUT2D eigenvalue weighted by molar-refractivity contribution is 5.31. The molecule has 0 spiro atoms. The highest BCUT2D eigenvalue weighted by atomic mass is 15.2. The number of nitrogens with zero attached hydrogens (tertiary/aromatic N) is 3. The molecule has 0 aromatic carbocycles. The van der Waals surface area contributed by atoms with Crippen molar-refractivity contribution in [1.82, 2.24) is 9.97 Å². The van der Waals surface area contributed by atoms with Crippen LogP contribution in [0.3, 0.4) is 0 Å². The summed E-state index contributed by atoms with van der Waals surface area (Å²) in [6.07, 6.45) is 2.82. The topological polar surface area (TPSA) is 55.0 Å². The van der Waals surface area contributed by atoms with Crippen molar-refractivity contribution in [3.63, 3.8) is 0 Å². The monoisotopic (exact) mass is 194 g/mol. The van der Waals surface area contributed by atoms with E-state index in [-0.39, 0.29) is 0 Å². The van der Waals surface area contributed by atoms with Crippen LogP contribution in [0.1, 0.15) is 17.7 Å². The summed E-state index contributed by atoms with van der Waals surface area (Å²) in [5.74, 6) is 0.779. The van der Waals surface area contributed by atoms with Crippen molar-refractivity contribution in [1.29, 1.82) is 0 Å². The van der Waals surface area contributed by atoms with E-state index >= 15 is 0 Å². The Bertz CT molecular complexity index is 298. The Hall–Kier alpha value is -1.16. The first-order valence-corrected chi connectivity index (χ1v) is 4.86. The van der Waals surface area contributed by atoms with Gasteiger partial charge in [0.25, 0.3) is 0 Å². The van der Waals surface area contributed by atoms with E-state index in [2.05, 4.69) is 9.97 Å². The maximum Gasteiger partial charge on any atom is 0.225 e. The van der Waals surface area contributed by atoms with Crippen molar-refractivity contribution in [2.75, 3.05) is 25.0 Å². The van der Waals surface area contributed by atoms with E-state index in [0.29, 0.717) is 6.54 Å². The maximum absolute atomic E-state index is 5.44. The first kappa shape index (κ1) is 10.9. The van der Waals surface area contributed by atoms with Crippen LogP contribution in [0, 0.1) is 13.8 Å². The molecule has 0 amide bonds. The Kier molecular flexibility index (Phi) is 3.83. The molecule has 14 heavy (non-hydrogen) atoms. The van der Waals surface area contributed by atoms with Gasteiger partial charge in [0.05, 0.1) is 0 Å². The van der Waals surface area contributed by atoms with Crippen LogP contribution < -0.4 is 10.6 Å². The summed E-state index contributed by atoms with van der Waals surface area (Å²) in [5, 5.41) is 0. The van der Waals surface area contributed by atoms with Crippen LogP contribution in [0.2, 0.25) is 0 Å². The molecule has 0 saturated carbocycles. The number of nitrogens with two attached hydrogens (primary N) is 1. The molecule has 2 N–H and O–H groups in total. The Morgan fingerprint density at radius 2 is 2.14 bits per heavy atom. The van der Waals surface area contributed by atoms with Gasteiger partial charge in [-0.1, -0.05) is 0 Å². The summed E-state index contributed by atoms with van der Waals surface area (Å²) in [4.78, 5) is 10.7. The average molecular weight is 194 g/mol. The highest BCUT2D eigenvalue weighted by Gasteiger charge is 2.04. The molecular formula is C10H18N4. The second kappa shape index (κ2) is 4.91. The largest absolute Gasteiger partial charge is 0.344 e. The minimum absolute atomic E-state index is 0.704. The smallest absolute Gasteiger partial charge is 0.225 e. The van der Waals surface area contributed by atoms with Gasteiger partial charge in [-0.05, 0) is 32.4 Å². The van der Waals surface area contributed by atoms with Crippen molar-refractivity contribution in [3.05, 3.63) is 17.5 Å².